The monoisotopic (exact) mass is 248 g/mol. The summed E-state index contributed by atoms with van der Waals surface area (Å²) in [6.07, 6.45) is 5.64. The van der Waals surface area contributed by atoms with E-state index >= 15 is 0 Å². The molecular formula is C13H16N2O3. The Morgan fingerprint density at radius 2 is 1.61 bits per heavy atom. The van der Waals surface area contributed by atoms with Gasteiger partial charge in [-0.05, 0) is 50.4 Å². The van der Waals surface area contributed by atoms with Crippen LogP contribution in [0.2, 0.25) is 0 Å². The van der Waals surface area contributed by atoms with Gasteiger partial charge in [0.05, 0.1) is 0 Å². The number of imide groups is 2. The first-order valence-corrected chi connectivity index (χ1v) is 6.82. The minimum absolute atomic E-state index is 0.0584. The highest BCUT2D eigenvalue weighted by Gasteiger charge is 2.64. The molecule has 1 N–H and O–H groups in total. The average Bonchev–Trinajstić information content (AvgIpc) is 3.21. The molecule has 3 saturated carbocycles. The van der Waals surface area contributed by atoms with Crippen LogP contribution in [0.25, 0.3) is 0 Å². The van der Waals surface area contributed by atoms with Crippen molar-refractivity contribution in [3.05, 3.63) is 0 Å². The third-order valence-electron chi connectivity index (χ3n) is 4.76. The summed E-state index contributed by atoms with van der Waals surface area (Å²) in [7, 11) is 0. The van der Waals surface area contributed by atoms with Gasteiger partial charge in [-0.15, -0.1) is 0 Å². The zero-order valence-corrected chi connectivity index (χ0v) is 10.1. The van der Waals surface area contributed by atoms with Gasteiger partial charge in [-0.25, -0.2) is 4.79 Å². The van der Waals surface area contributed by atoms with Crippen molar-refractivity contribution < 1.29 is 14.4 Å². The molecule has 1 heterocycles. The van der Waals surface area contributed by atoms with E-state index < -0.39 is 11.4 Å². The van der Waals surface area contributed by atoms with Crippen LogP contribution in [0.15, 0.2) is 0 Å². The molecule has 5 heteroatoms. The Balaban J connectivity index is 1.67. The van der Waals surface area contributed by atoms with E-state index in [0.29, 0.717) is 24.7 Å². The first kappa shape index (κ1) is 10.5. The van der Waals surface area contributed by atoms with Crippen molar-refractivity contribution in [2.45, 2.75) is 44.6 Å². The molecule has 4 fully saturated rings. The predicted octanol–water partition coefficient (Wildman–Crippen LogP) is 1.03. The normalized spacial score (nSPS) is 30.1. The minimum atomic E-state index is -0.879. The standard InChI is InChI=1S/C13H16N2O3/c16-10-13(5-6-13)11(17)15(12(18)14-10)9(7-1-2-7)8-3-4-8/h7-9H,1-6H2,(H,14,16,18). The fourth-order valence-corrected chi connectivity index (χ4v) is 3.22. The summed E-state index contributed by atoms with van der Waals surface area (Å²) in [5.41, 5.74) is -0.879. The molecule has 0 aromatic carbocycles. The van der Waals surface area contributed by atoms with E-state index in [1.165, 1.54) is 4.90 Å². The van der Waals surface area contributed by atoms with Gasteiger partial charge in [0.25, 0.3) is 0 Å². The van der Waals surface area contributed by atoms with Gasteiger partial charge >= 0.3 is 6.03 Å². The Kier molecular flexibility index (Phi) is 1.83. The molecule has 18 heavy (non-hydrogen) atoms. The van der Waals surface area contributed by atoms with Gasteiger partial charge < -0.3 is 0 Å². The second kappa shape index (κ2) is 3.13. The highest BCUT2D eigenvalue weighted by atomic mass is 16.2. The zero-order chi connectivity index (χ0) is 12.5. The van der Waals surface area contributed by atoms with Gasteiger partial charge in [0, 0.05) is 6.04 Å². The topological polar surface area (TPSA) is 66.5 Å². The lowest BCUT2D eigenvalue weighted by Crippen LogP contribution is -2.62. The third-order valence-corrected chi connectivity index (χ3v) is 4.76. The summed E-state index contributed by atoms with van der Waals surface area (Å²) in [5.74, 6) is 0.367. The Bertz CT molecular complexity index is 449. The highest BCUT2D eigenvalue weighted by molar-refractivity contribution is 6.21. The largest absolute Gasteiger partial charge is 0.331 e. The van der Waals surface area contributed by atoms with Crippen molar-refractivity contribution in [1.82, 2.24) is 10.2 Å². The molecule has 0 aromatic heterocycles. The number of nitrogens with zero attached hydrogens (tertiary/aromatic N) is 1. The van der Waals surface area contributed by atoms with Gasteiger partial charge in [0.2, 0.25) is 11.8 Å². The van der Waals surface area contributed by atoms with Crippen LogP contribution >= 0.6 is 0 Å². The number of rotatable bonds is 3. The van der Waals surface area contributed by atoms with Gasteiger partial charge in [-0.1, -0.05) is 0 Å². The van der Waals surface area contributed by atoms with Crippen molar-refractivity contribution in [1.29, 1.82) is 0 Å². The molecule has 5 nitrogen and oxygen atoms in total. The van der Waals surface area contributed by atoms with Crippen LogP contribution < -0.4 is 5.32 Å². The maximum absolute atomic E-state index is 12.5. The molecule has 0 bridgehead atoms. The summed E-state index contributed by atoms with van der Waals surface area (Å²) < 4.78 is 0. The fourth-order valence-electron chi connectivity index (χ4n) is 3.22. The fraction of sp³-hybridized carbons (Fsp3) is 0.769. The molecule has 3 aliphatic carbocycles. The van der Waals surface area contributed by atoms with E-state index in [9.17, 15) is 14.4 Å². The Labute approximate surface area is 105 Å². The van der Waals surface area contributed by atoms with Crippen molar-refractivity contribution in [3.63, 3.8) is 0 Å². The summed E-state index contributed by atoms with van der Waals surface area (Å²) in [6.45, 7) is 0. The van der Waals surface area contributed by atoms with Gasteiger partial charge in [0.1, 0.15) is 5.41 Å². The Hall–Kier alpha value is -1.39. The van der Waals surface area contributed by atoms with Crippen LogP contribution in [0.3, 0.4) is 0 Å². The molecule has 0 unspecified atom stereocenters. The Morgan fingerprint density at radius 1 is 1.06 bits per heavy atom. The quantitative estimate of drug-likeness (QED) is 0.759. The SMILES string of the molecule is O=C1NC(=O)C2(CC2)C(=O)N1C(C1CC1)C1CC1. The van der Waals surface area contributed by atoms with Crippen molar-refractivity contribution in [3.8, 4) is 0 Å². The maximum Gasteiger partial charge on any atom is 0.331 e. The number of carbonyl (C=O) groups excluding carboxylic acids is 3. The lowest BCUT2D eigenvalue weighted by Gasteiger charge is -2.36. The van der Waals surface area contributed by atoms with Crippen LogP contribution in [-0.2, 0) is 9.59 Å². The van der Waals surface area contributed by atoms with Crippen LogP contribution in [0.5, 0.6) is 0 Å². The molecule has 0 aromatic rings. The molecule has 1 saturated heterocycles. The number of urea groups is 1. The van der Waals surface area contributed by atoms with Crippen LogP contribution in [0.1, 0.15) is 38.5 Å². The zero-order valence-electron chi connectivity index (χ0n) is 10.1. The second-order valence-corrected chi connectivity index (χ2v) is 6.18. The number of amides is 4. The molecule has 96 valence electrons. The van der Waals surface area contributed by atoms with Crippen molar-refractivity contribution >= 4 is 17.8 Å². The van der Waals surface area contributed by atoms with E-state index in [4.69, 9.17) is 0 Å². The number of hydrogen-bond acceptors (Lipinski definition) is 3. The number of carbonyl (C=O) groups is 3. The molecule has 4 rings (SSSR count). The Morgan fingerprint density at radius 3 is 2.06 bits per heavy atom. The van der Waals surface area contributed by atoms with E-state index in [1.54, 1.807) is 0 Å². The minimum Gasteiger partial charge on any atom is -0.277 e. The average molecular weight is 248 g/mol. The first-order chi connectivity index (χ1) is 8.63. The van der Waals surface area contributed by atoms with E-state index in [2.05, 4.69) is 5.32 Å². The predicted molar refractivity (Wildman–Crippen MR) is 61.3 cm³/mol. The molecule has 1 aliphatic heterocycles. The summed E-state index contributed by atoms with van der Waals surface area (Å²) >= 11 is 0. The van der Waals surface area contributed by atoms with E-state index in [0.717, 1.165) is 25.7 Å². The highest BCUT2D eigenvalue weighted by Crippen LogP contribution is 2.53. The lowest BCUT2D eigenvalue weighted by atomic mass is 9.97. The number of hydrogen-bond donors (Lipinski definition) is 1. The lowest BCUT2D eigenvalue weighted by molar-refractivity contribution is -0.146. The van der Waals surface area contributed by atoms with E-state index in [-0.39, 0.29) is 17.9 Å². The van der Waals surface area contributed by atoms with Crippen LogP contribution in [-0.4, -0.2) is 28.8 Å². The van der Waals surface area contributed by atoms with Gasteiger partial charge in [0.15, 0.2) is 0 Å². The molecule has 0 radical (unpaired) electrons. The number of barbiturate groups is 1. The van der Waals surface area contributed by atoms with Crippen LogP contribution in [0.4, 0.5) is 4.79 Å². The molecule has 4 amide bonds. The summed E-state index contributed by atoms with van der Waals surface area (Å²) in [4.78, 5) is 37.7. The second-order valence-electron chi connectivity index (χ2n) is 6.18. The molecule has 0 atom stereocenters. The first-order valence-electron chi connectivity index (χ1n) is 6.82. The molecule has 1 spiro atoms. The smallest absolute Gasteiger partial charge is 0.277 e. The van der Waals surface area contributed by atoms with Crippen molar-refractivity contribution in [2.24, 2.45) is 17.3 Å². The van der Waals surface area contributed by atoms with E-state index in [1.807, 2.05) is 0 Å². The molecule has 4 aliphatic rings. The van der Waals surface area contributed by atoms with Crippen LogP contribution in [0, 0.1) is 17.3 Å². The summed E-state index contributed by atoms with van der Waals surface area (Å²) in [5, 5.41) is 2.39. The summed E-state index contributed by atoms with van der Waals surface area (Å²) in [6, 6.07) is -0.422. The maximum atomic E-state index is 12.5. The van der Waals surface area contributed by atoms with Crippen molar-refractivity contribution in [2.75, 3.05) is 0 Å². The molecular weight excluding hydrogens is 232 g/mol. The number of nitrogens with one attached hydrogen (secondary N) is 1. The third kappa shape index (κ3) is 1.30. The van der Waals surface area contributed by atoms with Gasteiger partial charge in [-0.3, -0.25) is 19.8 Å². The van der Waals surface area contributed by atoms with Gasteiger partial charge in [-0.2, -0.15) is 0 Å².